The minimum Gasteiger partial charge on any atom is -0.504 e. The lowest BCUT2D eigenvalue weighted by molar-refractivity contribution is -0.141. The summed E-state index contributed by atoms with van der Waals surface area (Å²) in [4.78, 5) is 12.2. The van der Waals surface area contributed by atoms with E-state index in [9.17, 15) is 15.0 Å². The first kappa shape index (κ1) is 16.6. The van der Waals surface area contributed by atoms with E-state index in [1.807, 2.05) is 12.1 Å². The summed E-state index contributed by atoms with van der Waals surface area (Å²) in [6.07, 6.45) is 1.12. The molecule has 1 aliphatic carbocycles. The van der Waals surface area contributed by atoms with Gasteiger partial charge in [0.15, 0.2) is 23.0 Å². The molecule has 136 valence electrons. The predicted molar refractivity (Wildman–Crippen MR) is 93.7 cm³/mol. The highest BCUT2D eigenvalue weighted by atomic mass is 16.5. The number of carbonyl (C=O) groups is 1. The van der Waals surface area contributed by atoms with Crippen LogP contribution in [-0.2, 0) is 22.4 Å². The van der Waals surface area contributed by atoms with E-state index in [4.69, 9.17) is 14.2 Å². The minimum absolute atomic E-state index is 0.0337. The van der Waals surface area contributed by atoms with Gasteiger partial charge in [-0.2, -0.15) is 0 Å². The largest absolute Gasteiger partial charge is 0.504 e. The second-order valence-electron chi connectivity index (χ2n) is 6.77. The molecule has 1 fully saturated rings. The van der Waals surface area contributed by atoms with E-state index in [1.54, 1.807) is 26.4 Å². The number of carbonyl (C=O) groups excluding carboxylic acids is 1. The van der Waals surface area contributed by atoms with E-state index in [-0.39, 0.29) is 29.3 Å². The molecular weight excluding hydrogens is 336 g/mol. The van der Waals surface area contributed by atoms with E-state index < -0.39 is 0 Å². The predicted octanol–water partition coefficient (Wildman–Crippen LogP) is 2.67. The van der Waals surface area contributed by atoms with Crippen LogP contribution in [-0.4, -0.2) is 37.0 Å². The lowest BCUT2D eigenvalue weighted by Gasteiger charge is -2.25. The number of phenols is 2. The number of methoxy groups -OCH3 is 2. The van der Waals surface area contributed by atoms with Crippen molar-refractivity contribution >= 4 is 5.97 Å². The molecule has 2 aromatic carbocycles. The monoisotopic (exact) mass is 356 g/mol. The van der Waals surface area contributed by atoms with Gasteiger partial charge >= 0.3 is 5.97 Å². The second-order valence-corrected chi connectivity index (χ2v) is 6.77. The molecule has 1 aliphatic heterocycles. The molecule has 6 nitrogen and oxygen atoms in total. The van der Waals surface area contributed by atoms with Gasteiger partial charge in [-0.3, -0.25) is 4.79 Å². The number of rotatable bonds is 2. The molecule has 0 amide bonds. The van der Waals surface area contributed by atoms with E-state index in [2.05, 4.69) is 0 Å². The third-order valence-electron chi connectivity index (χ3n) is 5.33. The van der Waals surface area contributed by atoms with Crippen molar-refractivity contribution in [2.45, 2.75) is 12.8 Å². The fourth-order valence-electron chi connectivity index (χ4n) is 3.96. The van der Waals surface area contributed by atoms with Crippen LogP contribution in [0.3, 0.4) is 0 Å². The van der Waals surface area contributed by atoms with Crippen LogP contribution in [0.5, 0.6) is 23.0 Å². The van der Waals surface area contributed by atoms with Gasteiger partial charge in [0.25, 0.3) is 0 Å². The van der Waals surface area contributed by atoms with Crippen LogP contribution in [0, 0.1) is 11.8 Å². The highest BCUT2D eigenvalue weighted by Gasteiger charge is 2.39. The maximum absolute atomic E-state index is 12.2. The molecule has 2 N–H and O–H groups in total. The molecule has 0 saturated carbocycles. The lowest BCUT2D eigenvalue weighted by Crippen LogP contribution is -2.23. The quantitative estimate of drug-likeness (QED) is 0.636. The van der Waals surface area contributed by atoms with Crippen molar-refractivity contribution in [3.63, 3.8) is 0 Å². The Morgan fingerprint density at radius 3 is 2.27 bits per heavy atom. The summed E-state index contributed by atoms with van der Waals surface area (Å²) in [7, 11) is 3.13. The number of aromatic hydroxyl groups is 2. The fourth-order valence-corrected chi connectivity index (χ4v) is 3.96. The highest BCUT2D eigenvalue weighted by molar-refractivity contribution is 5.80. The lowest BCUT2D eigenvalue weighted by atomic mass is 9.78. The maximum Gasteiger partial charge on any atom is 0.309 e. The van der Waals surface area contributed by atoms with Crippen molar-refractivity contribution in [3.8, 4) is 34.1 Å². The Balaban J connectivity index is 1.97. The molecule has 26 heavy (non-hydrogen) atoms. The molecule has 1 saturated heterocycles. The van der Waals surface area contributed by atoms with Crippen LogP contribution in [0.15, 0.2) is 24.3 Å². The normalized spacial score (nSPS) is 20.9. The number of fused-ring (bicyclic) bond motifs is 4. The molecule has 0 unspecified atom stereocenters. The summed E-state index contributed by atoms with van der Waals surface area (Å²) in [6, 6.07) is 6.85. The minimum atomic E-state index is -0.240. The second kappa shape index (κ2) is 6.12. The maximum atomic E-state index is 12.2. The van der Waals surface area contributed by atoms with Gasteiger partial charge in [0.1, 0.15) is 0 Å². The number of phenolic OH excluding ortho intramolecular Hbond substituents is 2. The third kappa shape index (κ3) is 2.53. The van der Waals surface area contributed by atoms with Crippen molar-refractivity contribution in [3.05, 3.63) is 35.4 Å². The molecule has 6 heteroatoms. The first-order valence-corrected chi connectivity index (χ1v) is 8.48. The van der Waals surface area contributed by atoms with Gasteiger partial charge in [-0.1, -0.05) is 0 Å². The number of ether oxygens (including phenoxy) is 3. The Kier molecular flexibility index (Phi) is 3.90. The van der Waals surface area contributed by atoms with Crippen LogP contribution < -0.4 is 9.47 Å². The summed E-state index contributed by atoms with van der Waals surface area (Å²) in [6.45, 7) is 0.368. The van der Waals surface area contributed by atoms with Gasteiger partial charge < -0.3 is 24.4 Å². The molecule has 1 heterocycles. The van der Waals surface area contributed by atoms with Crippen LogP contribution in [0.2, 0.25) is 0 Å². The first-order chi connectivity index (χ1) is 12.5. The zero-order chi connectivity index (χ0) is 18.4. The Morgan fingerprint density at radius 1 is 0.923 bits per heavy atom. The molecule has 0 radical (unpaired) electrons. The average molecular weight is 356 g/mol. The van der Waals surface area contributed by atoms with Gasteiger partial charge in [-0.05, 0) is 59.4 Å². The first-order valence-electron chi connectivity index (χ1n) is 8.48. The Morgan fingerprint density at radius 2 is 1.54 bits per heavy atom. The average Bonchev–Trinajstić information content (AvgIpc) is 2.96. The van der Waals surface area contributed by atoms with Crippen molar-refractivity contribution in [1.82, 2.24) is 0 Å². The zero-order valence-electron chi connectivity index (χ0n) is 14.6. The molecular formula is C20H20O6. The summed E-state index contributed by atoms with van der Waals surface area (Å²) >= 11 is 0. The topological polar surface area (TPSA) is 85.2 Å². The molecule has 0 spiro atoms. The Bertz CT molecular complexity index is 888. The van der Waals surface area contributed by atoms with E-state index in [0.717, 1.165) is 22.3 Å². The van der Waals surface area contributed by atoms with Crippen molar-refractivity contribution in [2.24, 2.45) is 11.8 Å². The van der Waals surface area contributed by atoms with Gasteiger partial charge in [-0.25, -0.2) is 0 Å². The highest BCUT2D eigenvalue weighted by Crippen LogP contribution is 2.45. The Hall–Kier alpha value is -2.89. The van der Waals surface area contributed by atoms with Gasteiger partial charge in [0.2, 0.25) is 0 Å². The molecule has 2 atom stereocenters. The fraction of sp³-hybridized carbons (Fsp3) is 0.350. The number of hydrogen-bond donors (Lipinski definition) is 2. The van der Waals surface area contributed by atoms with E-state index in [0.29, 0.717) is 30.9 Å². The number of hydrogen-bond acceptors (Lipinski definition) is 6. The SMILES string of the molecule is COc1cc2c(cc1OC)-c1cc(O)c(O)cc1C[C@H]1COC(=O)[C@@H]1C2. The van der Waals surface area contributed by atoms with Crippen LogP contribution >= 0.6 is 0 Å². The van der Waals surface area contributed by atoms with Crippen molar-refractivity contribution in [1.29, 1.82) is 0 Å². The van der Waals surface area contributed by atoms with Gasteiger partial charge in [0.05, 0.1) is 26.7 Å². The Labute approximate surface area is 150 Å². The summed E-state index contributed by atoms with van der Waals surface area (Å²) < 4.78 is 16.1. The standard InChI is InChI=1S/C20H20O6/c1-24-18-6-11-4-15-12(9-26-20(15)23)3-10-5-16(21)17(22)7-13(10)14(11)8-19(18)25-2/h5-8,12,15,21-22H,3-4,9H2,1-2H3/t12-,15+/m0/s1. The number of esters is 1. The number of cyclic esters (lactones) is 1. The number of benzene rings is 2. The molecule has 2 aliphatic rings. The molecule has 0 bridgehead atoms. The van der Waals surface area contributed by atoms with E-state index >= 15 is 0 Å². The van der Waals surface area contributed by atoms with Crippen LogP contribution in [0.1, 0.15) is 11.1 Å². The summed E-state index contributed by atoms with van der Waals surface area (Å²) in [5, 5.41) is 20.0. The van der Waals surface area contributed by atoms with Crippen LogP contribution in [0.25, 0.3) is 11.1 Å². The summed E-state index contributed by atoms with van der Waals surface area (Å²) in [5.74, 6) is 0.397. The van der Waals surface area contributed by atoms with Gasteiger partial charge in [0, 0.05) is 5.92 Å². The third-order valence-corrected chi connectivity index (χ3v) is 5.33. The van der Waals surface area contributed by atoms with E-state index in [1.165, 1.54) is 0 Å². The smallest absolute Gasteiger partial charge is 0.309 e. The summed E-state index contributed by atoms with van der Waals surface area (Å²) in [5.41, 5.74) is 3.45. The van der Waals surface area contributed by atoms with Crippen molar-refractivity contribution < 1.29 is 29.2 Å². The van der Waals surface area contributed by atoms with Crippen LogP contribution in [0.4, 0.5) is 0 Å². The van der Waals surface area contributed by atoms with Gasteiger partial charge in [-0.15, -0.1) is 0 Å². The molecule has 0 aromatic heterocycles. The molecule has 4 rings (SSSR count). The molecule has 2 aromatic rings. The zero-order valence-corrected chi connectivity index (χ0v) is 14.6. The van der Waals surface area contributed by atoms with Crippen molar-refractivity contribution in [2.75, 3.05) is 20.8 Å².